The quantitative estimate of drug-likeness (QED) is 0.582. The minimum Gasteiger partial charge on any atom is -0.550 e. The topological polar surface area (TPSA) is 117 Å². The van der Waals surface area contributed by atoms with Crippen LogP contribution in [0.5, 0.6) is 0 Å². The number of carboxylic acid groups (broad SMARTS) is 1. The highest BCUT2D eigenvalue weighted by Gasteiger charge is 2.39. The number of carbonyl (C=O) groups excluding carboxylic acids is 1. The normalized spacial score (nSPS) is 22.6. The third-order valence-corrected chi connectivity index (χ3v) is 5.82. The zero-order chi connectivity index (χ0) is 14.9. The molecule has 1 fully saturated rings. The molecule has 2 atom stereocenters. The van der Waals surface area contributed by atoms with Crippen molar-refractivity contribution >= 4 is 21.5 Å². The number of carbonyl (C=O) groups is 1. The van der Waals surface area contributed by atoms with Gasteiger partial charge in [-0.25, -0.2) is 8.42 Å². The minimum atomic E-state index is -3.82. The van der Waals surface area contributed by atoms with Gasteiger partial charge >= 0.3 is 0 Å². The number of nitro benzene ring substituents is 1. The Hall–Kier alpha value is -1.96. The molecule has 1 aromatic carbocycles. The molecule has 8 heteroatoms. The van der Waals surface area contributed by atoms with Gasteiger partial charge < -0.3 is 9.90 Å². The van der Waals surface area contributed by atoms with E-state index in [9.17, 15) is 28.4 Å². The Kier molecular flexibility index (Phi) is 3.76. The van der Waals surface area contributed by atoms with E-state index < -0.39 is 31.9 Å². The molecule has 2 rings (SSSR count). The Morgan fingerprint density at radius 1 is 1.20 bits per heavy atom. The number of nitrogens with zero attached hydrogens (tertiary/aromatic N) is 1. The number of aliphatic carboxylic acids is 1. The van der Waals surface area contributed by atoms with E-state index in [2.05, 4.69) is 0 Å². The molecule has 20 heavy (non-hydrogen) atoms. The molecular formula is C12H12NO6S-. The van der Waals surface area contributed by atoms with Gasteiger partial charge in [0.05, 0.1) is 15.1 Å². The summed E-state index contributed by atoms with van der Waals surface area (Å²) < 4.78 is 24.7. The first kappa shape index (κ1) is 14.4. The average Bonchev–Trinajstić information content (AvgIpc) is 2.89. The van der Waals surface area contributed by atoms with E-state index >= 15 is 0 Å². The first-order chi connectivity index (χ1) is 9.34. The number of nitro groups is 1. The van der Waals surface area contributed by atoms with Crippen LogP contribution in [0, 0.1) is 16.0 Å². The highest BCUT2D eigenvalue weighted by Crippen LogP contribution is 2.34. The Morgan fingerprint density at radius 2 is 1.80 bits per heavy atom. The Morgan fingerprint density at radius 3 is 2.30 bits per heavy atom. The molecule has 0 amide bonds. The predicted molar refractivity (Wildman–Crippen MR) is 66.4 cm³/mol. The fourth-order valence-corrected chi connectivity index (χ4v) is 4.52. The van der Waals surface area contributed by atoms with Gasteiger partial charge in [0.15, 0.2) is 9.84 Å². The number of rotatable bonds is 4. The second-order valence-electron chi connectivity index (χ2n) is 4.69. The van der Waals surface area contributed by atoms with Crippen LogP contribution in [-0.4, -0.2) is 24.6 Å². The second-order valence-corrected chi connectivity index (χ2v) is 6.86. The molecule has 1 saturated carbocycles. The molecule has 1 aliphatic carbocycles. The molecule has 0 unspecified atom stereocenters. The molecule has 0 spiro atoms. The summed E-state index contributed by atoms with van der Waals surface area (Å²) in [5.41, 5.74) is -0.216. The lowest BCUT2D eigenvalue weighted by Crippen LogP contribution is -2.39. The summed E-state index contributed by atoms with van der Waals surface area (Å²) in [4.78, 5) is 20.8. The van der Waals surface area contributed by atoms with Crippen LogP contribution in [0.15, 0.2) is 29.2 Å². The van der Waals surface area contributed by atoms with E-state index in [0.29, 0.717) is 6.42 Å². The molecule has 0 saturated heterocycles. The van der Waals surface area contributed by atoms with E-state index in [1.165, 1.54) is 0 Å². The van der Waals surface area contributed by atoms with Gasteiger partial charge in [0.1, 0.15) is 0 Å². The number of carboxylic acids is 1. The Labute approximate surface area is 115 Å². The van der Waals surface area contributed by atoms with Crippen molar-refractivity contribution in [3.8, 4) is 0 Å². The summed E-state index contributed by atoms with van der Waals surface area (Å²) in [5.74, 6) is -2.38. The SMILES string of the molecule is O=C([O-])[C@H]1CCC[C@@H]1S(=O)(=O)c1ccc([N+](=O)[O-])cc1. The molecule has 0 bridgehead atoms. The molecular weight excluding hydrogens is 286 g/mol. The van der Waals surface area contributed by atoms with Crippen molar-refractivity contribution < 1.29 is 23.2 Å². The molecule has 108 valence electrons. The lowest BCUT2D eigenvalue weighted by Gasteiger charge is -2.20. The van der Waals surface area contributed by atoms with Crippen molar-refractivity contribution in [3.63, 3.8) is 0 Å². The van der Waals surface area contributed by atoms with E-state index in [-0.39, 0.29) is 23.4 Å². The summed E-state index contributed by atoms with van der Waals surface area (Å²) in [6.45, 7) is 0. The van der Waals surface area contributed by atoms with Crippen molar-refractivity contribution in [3.05, 3.63) is 34.4 Å². The highest BCUT2D eigenvalue weighted by atomic mass is 32.2. The fraction of sp³-hybridized carbons (Fsp3) is 0.417. The van der Waals surface area contributed by atoms with Crippen LogP contribution in [-0.2, 0) is 14.6 Å². The van der Waals surface area contributed by atoms with Crippen molar-refractivity contribution in [1.82, 2.24) is 0 Å². The van der Waals surface area contributed by atoms with Crippen LogP contribution in [0.4, 0.5) is 5.69 Å². The van der Waals surface area contributed by atoms with Crippen LogP contribution >= 0.6 is 0 Å². The average molecular weight is 298 g/mol. The molecule has 1 aromatic rings. The third kappa shape index (κ3) is 2.51. The number of sulfone groups is 1. The third-order valence-electron chi connectivity index (χ3n) is 3.53. The number of hydrogen-bond acceptors (Lipinski definition) is 6. The summed E-state index contributed by atoms with van der Waals surface area (Å²) >= 11 is 0. The highest BCUT2D eigenvalue weighted by molar-refractivity contribution is 7.92. The zero-order valence-electron chi connectivity index (χ0n) is 10.4. The van der Waals surface area contributed by atoms with E-state index in [1.54, 1.807) is 0 Å². The van der Waals surface area contributed by atoms with Gasteiger partial charge in [-0.1, -0.05) is 6.42 Å². The Bertz CT molecular complexity index is 636. The van der Waals surface area contributed by atoms with Crippen LogP contribution < -0.4 is 5.11 Å². The first-order valence-electron chi connectivity index (χ1n) is 6.03. The van der Waals surface area contributed by atoms with Crippen molar-refractivity contribution in [2.24, 2.45) is 5.92 Å². The molecule has 0 radical (unpaired) electrons. The lowest BCUT2D eigenvalue weighted by atomic mass is 10.1. The van der Waals surface area contributed by atoms with Gasteiger partial charge in [0.2, 0.25) is 0 Å². The minimum absolute atomic E-state index is 0.0961. The van der Waals surface area contributed by atoms with Crippen LogP contribution in [0.25, 0.3) is 0 Å². The van der Waals surface area contributed by atoms with Gasteiger partial charge in [-0.05, 0) is 25.0 Å². The maximum Gasteiger partial charge on any atom is 0.269 e. The van der Waals surface area contributed by atoms with Gasteiger partial charge in [-0.15, -0.1) is 0 Å². The lowest BCUT2D eigenvalue weighted by molar-refractivity contribution is -0.384. The molecule has 1 aliphatic rings. The summed E-state index contributed by atoms with van der Waals surface area (Å²) in [7, 11) is -3.82. The predicted octanol–water partition coefficient (Wildman–Crippen LogP) is 0.287. The molecule has 0 aliphatic heterocycles. The van der Waals surface area contributed by atoms with Gasteiger partial charge in [0, 0.05) is 24.0 Å². The molecule has 0 aromatic heterocycles. The summed E-state index contributed by atoms with van der Waals surface area (Å²) in [5, 5.41) is 20.5. The largest absolute Gasteiger partial charge is 0.550 e. The fourth-order valence-electron chi connectivity index (χ4n) is 2.50. The van der Waals surface area contributed by atoms with Gasteiger partial charge in [0.25, 0.3) is 5.69 Å². The zero-order valence-corrected chi connectivity index (χ0v) is 11.2. The maximum atomic E-state index is 12.4. The van der Waals surface area contributed by atoms with Gasteiger partial charge in [-0.2, -0.15) is 0 Å². The van der Waals surface area contributed by atoms with E-state index in [4.69, 9.17) is 0 Å². The molecule has 0 heterocycles. The number of non-ortho nitro benzene ring substituents is 1. The molecule has 0 N–H and O–H groups in total. The van der Waals surface area contributed by atoms with Gasteiger partial charge in [-0.3, -0.25) is 10.1 Å². The molecule has 7 nitrogen and oxygen atoms in total. The summed E-state index contributed by atoms with van der Waals surface area (Å²) in [6, 6.07) is 4.46. The second kappa shape index (κ2) is 5.20. The van der Waals surface area contributed by atoms with Crippen molar-refractivity contribution in [1.29, 1.82) is 0 Å². The summed E-state index contributed by atoms with van der Waals surface area (Å²) in [6.07, 6.45) is 1.05. The van der Waals surface area contributed by atoms with Crippen LogP contribution in [0.2, 0.25) is 0 Å². The first-order valence-corrected chi connectivity index (χ1v) is 7.58. The standard InChI is InChI=1S/C12H13NO6S/c14-12(15)10-2-1-3-11(10)20(18,19)9-6-4-8(5-7-9)13(16)17/h4-7,10-11H,1-3H2,(H,14,15)/p-1/t10-,11-/m0/s1. The van der Waals surface area contributed by atoms with E-state index in [1.807, 2.05) is 0 Å². The van der Waals surface area contributed by atoms with E-state index in [0.717, 1.165) is 24.3 Å². The van der Waals surface area contributed by atoms with Crippen LogP contribution in [0.3, 0.4) is 0 Å². The smallest absolute Gasteiger partial charge is 0.269 e. The number of hydrogen-bond donors (Lipinski definition) is 0. The van der Waals surface area contributed by atoms with Crippen molar-refractivity contribution in [2.75, 3.05) is 0 Å². The monoisotopic (exact) mass is 298 g/mol. The van der Waals surface area contributed by atoms with Crippen molar-refractivity contribution in [2.45, 2.75) is 29.4 Å². The Balaban J connectivity index is 2.35. The van der Waals surface area contributed by atoms with Crippen LogP contribution in [0.1, 0.15) is 19.3 Å². The number of benzene rings is 1. The maximum absolute atomic E-state index is 12.4.